The SMILES string of the molecule is O=C1CC(c2ccc(Br)c(Br)c2)N1S(=O)(=O)Cl. The molecule has 1 atom stereocenters. The van der Waals surface area contributed by atoms with Crippen molar-refractivity contribution in [2.24, 2.45) is 0 Å². The minimum absolute atomic E-state index is 0.153. The number of carbonyl (C=O) groups excluding carboxylic acids is 1. The predicted molar refractivity (Wildman–Crippen MR) is 70.8 cm³/mol. The largest absolute Gasteiger partial charge is 0.324 e. The number of amides is 1. The first-order valence-corrected chi connectivity index (χ1v) is 8.37. The fraction of sp³-hybridized carbons (Fsp3) is 0.222. The summed E-state index contributed by atoms with van der Waals surface area (Å²) >= 11 is 6.63. The van der Waals surface area contributed by atoms with Gasteiger partial charge in [0, 0.05) is 19.6 Å². The van der Waals surface area contributed by atoms with Crippen LogP contribution in [-0.4, -0.2) is 18.6 Å². The molecule has 4 nitrogen and oxygen atoms in total. The van der Waals surface area contributed by atoms with Gasteiger partial charge in [-0.2, -0.15) is 8.42 Å². The average molecular weight is 403 g/mol. The van der Waals surface area contributed by atoms with Crippen molar-refractivity contribution < 1.29 is 13.2 Å². The van der Waals surface area contributed by atoms with E-state index in [4.69, 9.17) is 10.7 Å². The van der Waals surface area contributed by atoms with Gasteiger partial charge in [0.05, 0.1) is 12.5 Å². The average Bonchev–Trinajstić information content (AvgIpc) is 2.16. The van der Waals surface area contributed by atoms with Crippen molar-refractivity contribution in [2.45, 2.75) is 12.5 Å². The highest BCUT2D eigenvalue weighted by Crippen LogP contribution is 2.39. The molecule has 0 spiro atoms. The Kier molecular flexibility index (Phi) is 3.55. The number of nitrogens with zero attached hydrogens (tertiary/aromatic N) is 1. The van der Waals surface area contributed by atoms with Crippen molar-refractivity contribution in [1.82, 2.24) is 4.31 Å². The molecule has 1 amide bonds. The zero-order valence-corrected chi connectivity index (χ0v) is 13.0. The first-order valence-electron chi connectivity index (χ1n) is 4.52. The summed E-state index contributed by atoms with van der Waals surface area (Å²) in [7, 11) is 1.20. The summed E-state index contributed by atoms with van der Waals surface area (Å²) in [5.41, 5.74) is 0.726. The Morgan fingerprint density at radius 2 is 1.94 bits per heavy atom. The predicted octanol–water partition coefficient (Wildman–Crippen LogP) is 2.97. The molecule has 2 rings (SSSR count). The Balaban J connectivity index is 2.36. The first kappa shape index (κ1) is 13.3. The van der Waals surface area contributed by atoms with E-state index in [2.05, 4.69) is 31.9 Å². The lowest BCUT2D eigenvalue weighted by Crippen LogP contribution is -2.47. The lowest BCUT2D eigenvalue weighted by atomic mass is 9.97. The van der Waals surface area contributed by atoms with Crippen LogP contribution < -0.4 is 0 Å². The van der Waals surface area contributed by atoms with Crippen LogP contribution in [-0.2, 0) is 14.0 Å². The maximum atomic E-state index is 11.3. The van der Waals surface area contributed by atoms with Crippen molar-refractivity contribution in [1.29, 1.82) is 0 Å². The molecule has 1 unspecified atom stereocenters. The van der Waals surface area contributed by atoms with Gasteiger partial charge in [-0.3, -0.25) is 4.79 Å². The number of β-lactam (4-membered cyclic amide) rings is 1. The normalized spacial score (nSPS) is 20.3. The van der Waals surface area contributed by atoms with E-state index < -0.39 is 21.2 Å². The second-order valence-corrected chi connectivity index (χ2v) is 7.62. The number of hydrogen-bond acceptors (Lipinski definition) is 3. The quantitative estimate of drug-likeness (QED) is 0.564. The van der Waals surface area contributed by atoms with Crippen LogP contribution in [0.3, 0.4) is 0 Å². The van der Waals surface area contributed by atoms with Gasteiger partial charge in [0.15, 0.2) is 0 Å². The van der Waals surface area contributed by atoms with Gasteiger partial charge in [-0.05, 0) is 49.6 Å². The molecule has 0 aliphatic carbocycles. The Morgan fingerprint density at radius 3 is 2.41 bits per heavy atom. The summed E-state index contributed by atoms with van der Waals surface area (Å²) in [5.74, 6) is -0.482. The summed E-state index contributed by atoms with van der Waals surface area (Å²) in [6, 6.07) is 4.79. The summed E-state index contributed by atoms with van der Waals surface area (Å²) < 4.78 is 24.8. The molecule has 1 fully saturated rings. The van der Waals surface area contributed by atoms with Crippen LogP contribution in [0.15, 0.2) is 27.1 Å². The molecule has 0 aromatic heterocycles. The summed E-state index contributed by atoms with van der Waals surface area (Å²) in [6.07, 6.45) is 0.153. The third-order valence-corrected chi connectivity index (χ3v) is 5.71. The smallest absolute Gasteiger partial charge is 0.274 e. The van der Waals surface area contributed by atoms with Gasteiger partial charge in [0.2, 0.25) is 5.91 Å². The Hall–Kier alpha value is -0.110. The molecular weight excluding hydrogens is 397 g/mol. The molecule has 0 radical (unpaired) electrons. The van der Waals surface area contributed by atoms with E-state index in [0.29, 0.717) is 4.31 Å². The van der Waals surface area contributed by atoms with Crippen LogP contribution in [0.2, 0.25) is 0 Å². The first-order chi connectivity index (χ1) is 7.80. The van der Waals surface area contributed by atoms with Gasteiger partial charge in [-0.25, -0.2) is 4.31 Å². The van der Waals surface area contributed by atoms with Crippen LogP contribution in [0.1, 0.15) is 18.0 Å². The second kappa shape index (κ2) is 4.53. The standard InChI is InChI=1S/C9H6Br2ClNO3S/c10-6-2-1-5(3-7(6)11)8-4-9(14)13(8)17(12,15)16/h1-3,8H,4H2. The van der Waals surface area contributed by atoms with Crippen LogP contribution in [0, 0.1) is 0 Å². The van der Waals surface area contributed by atoms with Gasteiger partial charge < -0.3 is 0 Å². The molecule has 1 aliphatic heterocycles. The third kappa shape index (κ3) is 2.52. The fourth-order valence-electron chi connectivity index (χ4n) is 1.65. The zero-order valence-electron chi connectivity index (χ0n) is 8.23. The van der Waals surface area contributed by atoms with E-state index >= 15 is 0 Å². The Labute approximate surface area is 120 Å². The number of hydrogen-bond donors (Lipinski definition) is 0. The van der Waals surface area contributed by atoms with Crippen LogP contribution in [0.25, 0.3) is 0 Å². The molecule has 1 aliphatic rings. The monoisotopic (exact) mass is 401 g/mol. The minimum atomic E-state index is -4.01. The van der Waals surface area contributed by atoms with Crippen molar-refractivity contribution in [2.75, 3.05) is 0 Å². The summed E-state index contributed by atoms with van der Waals surface area (Å²) in [5, 5.41) is 0. The maximum absolute atomic E-state index is 11.3. The number of halogens is 3. The number of rotatable bonds is 2. The molecule has 0 N–H and O–H groups in total. The molecular formula is C9H6Br2ClNO3S. The van der Waals surface area contributed by atoms with E-state index in [1.165, 1.54) is 0 Å². The van der Waals surface area contributed by atoms with Crippen LogP contribution >= 0.6 is 42.5 Å². The highest BCUT2D eigenvalue weighted by atomic mass is 79.9. The van der Waals surface area contributed by atoms with E-state index in [-0.39, 0.29) is 6.42 Å². The van der Waals surface area contributed by atoms with E-state index in [9.17, 15) is 13.2 Å². The summed E-state index contributed by atoms with van der Waals surface area (Å²) in [4.78, 5) is 11.3. The van der Waals surface area contributed by atoms with E-state index in [1.807, 2.05) is 0 Å². The molecule has 17 heavy (non-hydrogen) atoms. The molecule has 92 valence electrons. The fourth-order valence-corrected chi connectivity index (χ4v) is 3.63. The van der Waals surface area contributed by atoms with Crippen molar-refractivity contribution in [3.63, 3.8) is 0 Å². The molecule has 1 saturated heterocycles. The second-order valence-electron chi connectivity index (χ2n) is 3.53. The number of carbonyl (C=O) groups is 1. The van der Waals surface area contributed by atoms with Crippen molar-refractivity contribution in [3.05, 3.63) is 32.7 Å². The third-order valence-electron chi connectivity index (χ3n) is 2.46. The van der Waals surface area contributed by atoms with Crippen molar-refractivity contribution in [3.8, 4) is 0 Å². The molecule has 8 heteroatoms. The highest BCUT2D eigenvalue weighted by Gasteiger charge is 2.44. The Morgan fingerprint density at radius 1 is 1.29 bits per heavy atom. The maximum Gasteiger partial charge on any atom is 0.324 e. The minimum Gasteiger partial charge on any atom is -0.274 e. The zero-order chi connectivity index (χ0) is 12.8. The van der Waals surface area contributed by atoms with Gasteiger partial charge in [0.25, 0.3) is 0 Å². The van der Waals surface area contributed by atoms with E-state index in [1.54, 1.807) is 18.2 Å². The van der Waals surface area contributed by atoms with Crippen molar-refractivity contribution >= 4 is 57.7 Å². The molecule has 0 bridgehead atoms. The van der Waals surface area contributed by atoms with Gasteiger partial charge in [-0.15, -0.1) is 0 Å². The van der Waals surface area contributed by atoms with Gasteiger partial charge in [0.1, 0.15) is 0 Å². The number of benzene rings is 1. The lowest BCUT2D eigenvalue weighted by Gasteiger charge is -2.37. The van der Waals surface area contributed by atoms with Gasteiger partial charge in [-0.1, -0.05) is 6.07 Å². The molecule has 1 aromatic carbocycles. The van der Waals surface area contributed by atoms with E-state index in [0.717, 1.165) is 14.5 Å². The highest BCUT2D eigenvalue weighted by molar-refractivity contribution is 9.13. The van der Waals surface area contributed by atoms with Crippen LogP contribution in [0.4, 0.5) is 0 Å². The molecule has 0 saturated carbocycles. The summed E-state index contributed by atoms with van der Waals surface area (Å²) in [6.45, 7) is 0. The van der Waals surface area contributed by atoms with Gasteiger partial charge >= 0.3 is 9.24 Å². The topological polar surface area (TPSA) is 54.5 Å². The molecule has 1 aromatic rings. The lowest BCUT2D eigenvalue weighted by molar-refractivity contribution is -0.137. The molecule has 1 heterocycles. The Bertz CT molecular complexity index is 590. The van der Waals surface area contributed by atoms with Crippen LogP contribution in [0.5, 0.6) is 0 Å².